The molecule has 3 aromatic rings. The van der Waals surface area contributed by atoms with Crippen LogP contribution in [0.1, 0.15) is 22.0 Å². The van der Waals surface area contributed by atoms with Crippen molar-refractivity contribution in [1.82, 2.24) is 4.90 Å². The van der Waals surface area contributed by atoms with Crippen molar-refractivity contribution in [2.24, 2.45) is 0 Å². The molecule has 33 heavy (non-hydrogen) atoms. The van der Waals surface area contributed by atoms with Crippen LogP contribution in [0, 0.1) is 0 Å². The van der Waals surface area contributed by atoms with Crippen LogP contribution in [0.15, 0.2) is 76.3 Å². The molecule has 0 bridgehead atoms. The molecule has 8 nitrogen and oxygen atoms in total. The van der Waals surface area contributed by atoms with Gasteiger partial charge in [0.05, 0.1) is 18.8 Å². The summed E-state index contributed by atoms with van der Waals surface area (Å²) < 4.78 is 38.3. The molecule has 10 heteroatoms. The third-order valence-corrected chi connectivity index (χ3v) is 7.79. The topological polar surface area (TPSA) is 102 Å². The van der Waals surface area contributed by atoms with Gasteiger partial charge in [-0.3, -0.25) is 9.52 Å². The molecular formula is C23H22N2O6S2. The number of hydrogen-bond donors (Lipinski definition) is 1. The molecule has 1 amide bonds. The van der Waals surface area contributed by atoms with Crippen molar-refractivity contribution in [3.05, 3.63) is 83.2 Å². The van der Waals surface area contributed by atoms with Gasteiger partial charge >= 0.3 is 5.97 Å². The number of thiophene rings is 1. The fourth-order valence-corrected chi connectivity index (χ4v) is 5.36. The lowest BCUT2D eigenvalue weighted by atomic mass is 10.1. The minimum atomic E-state index is -3.69. The third kappa shape index (κ3) is 5.59. The summed E-state index contributed by atoms with van der Waals surface area (Å²) in [5.74, 6) is -0.990. The van der Waals surface area contributed by atoms with Gasteiger partial charge in [-0.25, -0.2) is 13.2 Å². The van der Waals surface area contributed by atoms with E-state index in [1.165, 1.54) is 30.3 Å². The van der Waals surface area contributed by atoms with Gasteiger partial charge in [0.1, 0.15) is 4.21 Å². The summed E-state index contributed by atoms with van der Waals surface area (Å²) in [6.45, 7) is 1.73. The van der Waals surface area contributed by atoms with E-state index in [9.17, 15) is 18.0 Å². The van der Waals surface area contributed by atoms with E-state index in [1.54, 1.807) is 40.6 Å². The molecule has 1 aliphatic heterocycles. The summed E-state index contributed by atoms with van der Waals surface area (Å²) in [6, 6.07) is 17.9. The van der Waals surface area contributed by atoms with Crippen LogP contribution in [0.4, 0.5) is 5.69 Å². The summed E-state index contributed by atoms with van der Waals surface area (Å²) in [4.78, 5) is 27.6. The van der Waals surface area contributed by atoms with Gasteiger partial charge in [0.25, 0.3) is 15.9 Å². The van der Waals surface area contributed by atoms with Crippen molar-refractivity contribution >= 4 is 38.9 Å². The molecule has 2 aromatic carbocycles. The number of esters is 1. The first-order chi connectivity index (χ1) is 15.9. The number of carbonyl (C=O) groups is 2. The number of ether oxygens (including phenoxy) is 2. The number of nitrogens with zero attached hydrogens (tertiary/aromatic N) is 1. The second-order valence-electron chi connectivity index (χ2n) is 7.25. The first kappa shape index (κ1) is 23.0. The van der Waals surface area contributed by atoms with E-state index in [0.29, 0.717) is 37.6 Å². The first-order valence-corrected chi connectivity index (χ1v) is 12.6. The van der Waals surface area contributed by atoms with Crippen molar-refractivity contribution in [2.45, 2.75) is 10.3 Å². The standard InChI is InChI=1S/C23H22N2O6S2/c26-22(25-12-14-30-15-13-25)21(17-5-2-1-3-6-17)31-23(27)18-8-10-19(11-9-18)24-33(28,29)20-7-4-16-32-20/h1-11,16,21,24H,12-15H2. The summed E-state index contributed by atoms with van der Waals surface area (Å²) in [6.07, 6.45) is -1.09. The Bertz CT molecular complexity index is 1190. The number of morpholine rings is 1. The lowest BCUT2D eigenvalue weighted by Crippen LogP contribution is -2.44. The molecule has 1 saturated heterocycles. The smallest absolute Gasteiger partial charge is 0.339 e. The molecule has 1 aliphatic rings. The summed E-state index contributed by atoms with van der Waals surface area (Å²) in [5.41, 5.74) is 1.08. The van der Waals surface area contributed by atoms with E-state index >= 15 is 0 Å². The van der Waals surface area contributed by atoms with Crippen LogP contribution in [0.3, 0.4) is 0 Å². The molecule has 0 spiro atoms. The minimum Gasteiger partial charge on any atom is -0.444 e. The van der Waals surface area contributed by atoms with E-state index in [2.05, 4.69) is 4.72 Å². The maximum Gasteiger partial charge on any atom is 0.339 e. The largest absolute Gasteiger partial charge is 0.444 e. The quantitative estimate of drug-likeness (QED) is 0.514. The zero-order valence-corrected chi connectivity index (χ0v) is 19.2. The molecule has 2 heterocycles. The number of benzene rings is 2. The summed E-state index contributed by atoms with van der Waals surface area (Å²) in [5, 5.41) is 1.68. The van der Waals surface area contributed by atoms with Crippen LogP contribution >= 0.6 is 11.3 Å². The molecule has 1 atom stereocenters. The SMILES string of the molecule is O=C(OC(C(=O)N1CCOCC1)c1ccccc1)c1ccc(NS(=O)(=O)c2cccs2)cc1. The van der Waals surface area contributed by atoms with Crippen LogP contribution < -0.4 is 4.72 Å². The predicted octanol–water partition coefficient (Wildman–Crippen LogP) is 3.31. The van der Waals surface area contributed by atoms with Crippen molar-refractivity contribution in [2.75, 3.05) is 31.0 Å². The van der Waals surface area contributed by atoms with Gasteiger partial charge in [0, 0.05) is 24.3 Å². The minimum absolute atomic E-state index is 0.193. The molecular weight excluding hydrogens is 464 g/mol. The second-order valence-corrected chi connectivity index (χ2v) is 10.1. The van der Waals surface area contributed by atoms with Gasteiger partial charge < -0.3 is 14.4 Å². The van der Waals surface area contributed by atoms with Crippen molar-refractivity contribution in [3.8, 4) is 0 Å². The third-order valence-electron chi connectivity index (χ3n) is 5.01. The van der Waals surface area contributed by atoms with Gasteiger partial charge in [-0.15, -0.1) is 11.3 Å². The maximum absolute atomic E-state index is 13.1. The zero-order valence-electron chi connectivity index (χ0n) is 17.5. The van der Waals surface area contributed by atoms with Crippen molar-refractivity contribution in [1.29, 1.82) is 0 Å². The zero-order chi connectivity index (χ0) is 23.3. The predicted molar refractivity (Wildman–Crippen MR) is 124 cm³/mol. The number of sulfonamides is 1. The molecule has 172 valence electrons. The van der Waals surface area contributed by atoms with Crippen molar-refractivity contribution in [3.63, 3.8) is 0 Å². The molecule has 4 rings (SSSR count). The van der Waals surface area contributed by atoms with Gasteiger partial charge in [-0.1, -0.05) is 36.4 Å². The van der Waals surface area contributed by atoms with Gasteiger partial charge in [0.2, 0.25) is 6.10 Å². The molecule has 1 unspecified atom stereocenters. The Morgan fingerprint density at radius 2 is 1.67 bits per heavy atom. The average molecular weight is 487 g/mol. The number of anilines is 1. The highest BCUT2D eigenvalue weighted by atomic mass is 32.2. The van der Waals surface area contributed by atoms with E-state index in [1.807, 2.05) is 6.07 Å². The maximum atomic E-state index is 13.1. The average Bonchev–Trinajstić information content (AvgIpc) is 3.40. The van der Waals surface area contributed by atoms with Crippen LogP contribution in [-0.2, 0) is 24.3 Å². The van der Waals surface area contributed by atoms with E-state index in [4.69, 9.17) is 9.47 Å². The normalized spacial score (nSPS) is 15.0. The highest BCUT2D eigenvalue weighted by molar-refractivity contribution is 7.94. The number of carbonyl (C=O) groups excluding carboxylic acids is 2. The number of rotatable bonds is 7. The van der Waals surface area contributed by atoms with Crippen LogP contribution in [0.25, 0.3) is 0 Å². The number of nitrogens with one attached hydrogen (secondary N) is 1. The summed E-state index contributed by atoms with van der Waals surface area (Å²) in [7, 11) is -3.69. The number of amides is 1. The Hall–Kier alpha value is -3.21. The fraction of sp³-hybridized carbons (Fsp3) is 0.217. The number of hydrogen-bond acceptors (Lipinski definition) is 7. The Balaban J connectivity index is 1.49. The Morgan fingerprint density at radius 3 is 2.30 bits per heavy atom. The molecule has 0 aliphatic carbocycles. The Kier molecular flexibility index (Phi) is 7.07. The molecule has 0 radical (unpaired) electrons. The van der Waals surface area contributed by atoms with E-state index in [0.717, 1.165) is 11.3 Å². The van der Waals surface area contributed by atoms with Crippen LogP contribution in [0.2, 0.25) is 0 Å². The highest BCUT2D eigenvalue weighted by Gasteiger charge is 2.30. The second kappa shape index (κ2) is 10.2. The van der Waals surface area contributed by atoms with Gasteiger partial charge in [-0.2, -0.15) is 0 Å². The van der Waals surface area contributed by atoms with Crippen LogP contribution in [0.5, 0.6) is 0 Å². The fourth-order valence-electron chi connectivity index (χ4n) is 3.31. The highest BCUT2D eigenvalue weighted by Crippen LogP contribution is 2.24. The monoisotopic (exact) mass is 486 g/mol. The molecule has 1 fully saturated rings. The van der Waals surface area contributed by atoms with Gasteiger partial charge in [0.15, 0.2) is 0 Å². The lowest BCUT2D eigenvalue weighted by Gasteiger charge is -2.30. The van der Waals surface area contributed by atoms with E-state index < -0.39 is 22.1 Å². The van der Waals surface area contributed by atoms with E-state index in [-0.39, 0.29) is 15.7 Å². The van der Waals surface area contributed by atoms with Crippen molar-refractivity contribution < 1.29 is 27.5 Å². The molecule has 0 saturated carbocycles. The first-order valence-electron chi connectivity index (χ1n) is 10.2. The lowest BCUT2D eigenvalue weighted by molar-refractivity contribution is -0.145. The molecule has 1 N–H and O–H groups in total. The summed E-state index contributed by atoms with van der Waals surface area (Å²) >= 11 is 1.11. The molecule has 1 aromatic heterocycles. The Labute approximate surface area is 195 Å². The van der Waals surface area contributed by atoms with Crippen LogP contribution in [-0.4, -0.2) is 51.5 Å². The van der Waals surface area contributed by atoms with Gasteiger partial charge in [-0.05, 0) is 35.7 Å². The Morgan fingerprint density at radius 1 is 0.970 bits per heavy atom.